The highest BCUT2D eigenvalue weighted by atomic mass is 15.1. The van der Waals surface area contributed by atoms with Crippen molar-refractivity contribution >= 4 is 57.0 Å². The number of benzene rings is 8. The van der Waals surface area contributed by atoms with Gasteiger partial charge in [0.1, 0.15) is 0 Å². The van der Waals surface area contributed by atoms with Crippen LogP contribution in [0.5, 0.6) is 0 Å². The van der Waals surface area contributed by atoms with Gasteiger partial charge in [0.25, 0.3) is 0 Å². The Bertz CT molecular complexity index is 2580. The molecule has 1 aliphatic carbocycles. The topological polar surface area (TPSA) is 6.48 Å². The molecule has 0 heterocycles. The number of para-hydroxylation sites is 2. The number of rotatable bonds is 8. The van der Waals surface area contributed by atoms with Gasteiger partial charge in [0.05, 0.1) is 0 Å². The molecule has 9 rings (SSSR count). The molecule has 1 aliphatic rings. The first-order valence-corrected chi connectivity index (χ1v) is 18.8. The van der Waals surface area contributed by atoms with Crippen molar-refractivity contribution in [2.45, 2.75) is 26.2 Å². The van der Waals surface area contributed by atoms with Crippen molar-refractivity contribution in [3.8, 4) is 11.1 Å². The molecule has 8 aromatic rings. The number of hydrogen-bond donors (Lipinski definition) is 0. The van der Waals surface area contributed by atoms with Crippen LogP contribution >= 0.6 is 0 Å². The maximum Gasteiger partial charge on any atom is 0.0468 e. The summed E-state index contributed by atoms with van der Waals surface area (Å²) in [7, 11) is 0. The second-order valence-corrected chi connectivity index (χ2v) is 14.8. The molecular formula is C52H42N2. The van der Waals surface area contributed by atoms with Crippen molar-refractivity contribution in [2.24, 2.45) is 0 Å². The lowest BCUT2D eigenvalue weighted by molar-refractivity contribution is 0.660. The first kappa shape index (κ1) is 33.2. The SMILES string of the molecule is Cc1ccc(N(c2ccc3c(c2)C(C)(C)c2cc(/C=C/c4ccc(N(c5ccccc5)c5ccccc5)cc4)ccc2-3)c2ccc3ccccc3c2)cc1. The van der Waals surface area contributed by atoms with E-state index in [0.717, 1.165) is 39.7 Å². The van der Waals surface area contributed by atoms with Gasteiger partial charge in [0.15, 0.2) is 0 Å². The van der Waals surface area contributed by atoms with E-state index in [1.807, 2.05) is 0 Å². The quantitative estimate of drug-likeness (QED) is 0.146. The number of hydrogen-bond acceptors (Lipinski definition) is 2. The molecule has 0 aliphatic heterocycles. The first-order valence-electron chi connectivity index (χ1n) is 18.8. The van der Waals surface area contributed by atoms with E-state index in [-0.39, 0.29) is 5.41 Å². The largest absolute Gasteiger partial charge is 0.311 e. The molecule has 8 aromatic carbocycles. The molecule has 0 radical (unpaired) electrons. The van der Waals surface area contributed by atoms with Crippen molar-refractivity contribution in [1.29, 1.82) is 0 Å². The average Bonchev–Trinajstić information content (AvgIpc) is 3.44. The lowest BCUT2D eigenvalue weighted by atomic mass is 9.81. The van der Waals surface area contributed by atoms with Gasteiger partial charge in [0.2, 0.25) is 0 Å². The summed E-state index contributed by atoms with van der Waals surface area (Å²) >= 11 is 0. The molecule has 0 spiro atoms. The summed E-state index contributed by atoms with van der Waals surface area (Å²) in [6.45, 7) is 6.88. The van der Waals surface area contributed by atoms with Gasteiger partial charge < -0.3 is 9.80 Å². The van der Waals surface area contributed by atoms with E-state index in [1.165, 1.54) is 44.2 Å². The van der Waals surface area contributed by atoms with Crippen LogP contribution in [0.3, 0.4) is 0 Å². The van der Waals surface area contributed by atoms with Crippen LogP contribution in [0.1, 0.15) is 41.7 Å². The Hall–Kier alpha value is -6.64. The summed E-state index contributed by atoms with van der Waals surface area (Å²) in [5.74, 6) is 0. The van der Waals surface area contributed by atoms with Gasteiger partial charge >= 0.3 is 0 Å². The monoisotopic (exact) mass is 694 g/mol. The Labute approximate surface area is 318 Å². The summed E-state index contributed by atoms with van der Waals surface area (Å²) < 4.78 is 0. The zero-order chi connectivity index (χ0) is 36.6. The molecule has 2 nitrogen and oxygen atoms in total. The van der Waals surface area contributed by atoms with E-state index in [2.05, 4.69) is 231 Å². The fourth-order valence-corrected chi connectivity index (χ4v) is 7.97. The highest BCUT2D eigenvalue weighted by Crippen LogP contribution is 2.51. The van der Waals surface area contributed by atoms with E-state index in [4.69, 9.17) is 0 Å². The van der Waals surface area contributed by atoms with Crippen LogP contribution in [0.25, 0.3) is 34.1 Å². The summed E-state index contributed by atoms with van der Waals surface area (Å²) in [6, 6.07) is 68.1. The fraction of sp³-hybridized carbons (Fsp3) is 0.0769. The van der Waals surface area contributed by atoms with Crippen LogP contribution in [0.2, 0.25) is 0 Å². The van der Waals surface area contributed by atoms with Crippen LogP contribution in [-0.4, -0.2) is 0 Å². The van der Waals surface area contributed by atoms with Crippen molar-refractivity contribution < 1.29 is 0 Å². The van der Waals surface area contributed by atoms with E-state index in [9.17, 15) is 0 Å². The molecule has 0 saturated heterocycles. The fourth-order valence-electron chi connectivity index (χ4n) is 7.97. The summed E-state index contributed by atoms with van der Waals surface area (Å²) in [5, 5.41) is 2.48. The van der Waals surface area contributed by atoms with Crippen molar-refractivity contribution in [3.05, 3.63) is 216 Å². The minimum absolute atomic E-state index is 0.160. The van der Waals surface area contributed by atoms with Crippen molar-refractivity contribution in [2.75, 3.05) is 9.80 Å². The number of aryl methyl sites for hydroxylation is 1. The smallest absolute Gasteiger partial charge is 0.0468 e. The average molecular weight is 695 g/mol. The highest BCUT2D eigenvalue weighted by Gasteiger charge is 2.36. The molecular weight excluding hydrogens is 653 g/mol. The maximum absolute atomic E-state index is 2.41. The van der Waals surface area contributed by atoms with Crippen molar-refractivity contribution in [1.82, 2.24) is 0 Å². The molecule has 0 aromatic heterocycles. The number of fused-ring (bicyclic) bond motifs is 4. The third-order valence-corrected chi connectivity index (χ3v) is 10.9. The van der Waals surface area contributed by atoms with Crippen LogP contribution in [0, 0.1) is 6.92 Å². The zero-order valence-corrected chi connectivity index (χ0v) is 30.9. The second-order valence-electron chi connectivity index (χ2n) is 14.8. The Morgan fingerprint density at radius 2 is 0.815 bits per heavy atom. The van der Waals surface area contributed by atoms with Gasteiger partial charge in [-0.05, 0) is 124 Å². The third kappa shape index (κ3) is 6.16. The molecule has 2 heteroatoms. The van der Waals surface area contributed by atoms with Crippen LogP contribution < -0.4 is 9.80 Å². The van der Waals surface area contributed by atoms with Gasteiger partial charge in [0, 0.05) is 39.5 Å². The summed E-state index contributed by atoms with van der Waals surface area (Å²) in [5.41, 5.74) is 15.7. The van der Waals surface area contributed by atoms with Gasteiger partial charge in [-0.15, -0.1) is 0 Å². The van der Waals surface area contributed by atoms with Crippen LogP contribution in [-0.2, 0) is 5.41 Å². The maximum atomic E-state index is 2.41. The lowest BCUT2D eigenvalue weighted by Gasteiger charge is -2.28. The first-order chi connectivity index (χ1) is 26.4. The predicted molar refractivity (Wildman–Crippen MR) is 231 cm³/mol. The van der Waals surface area contributed by atoms with Crippen molar-refractivity contribution in [3.63, 3.8) is 0 Å². The molecule has 0 amide bonds. The Morgan fingerprint density at radius 1 is 0.370 bits per heavy atom. The van der Waals surface area contributed by atoms with Crippen LogP contribution in [0.4, 0.5) is 34.1 Å². The van der Waals surface area contributed by atoms with Gasteiger partial charge in [-0.3, -0.25) is 0 Å². The minimum Gasteiger partial charge on any atom is -0.311 e. The van der Waals surface area contributed by atoms with E-state index in [1.54, 1.807) is 0 Å². The molecule has 0 unspecified atom stereocenters. The Kier molecular flexibility index (Phi) is 8.44. The summed E-state index contributed by atoms with van der Waals surface area (Å²) in [4.78, 5) is 4.69. The highest BCUT2D eigenvalue weighted by molar-refractivity contribution is 5.91. The molecule has 0 atom stereocenters. The predicted octanol–water partition coefficient (Wildman–Crippen LogP) is 14.6. The second kappa shape index (κ2) is 13.7. The van der Waals surface area contributed by atoms with E-state index >= 15 is 0 Å². The number of anilines is 6. The number of nitrogens with zero attached hydrogens (tertiary/aromatic N) is 2. The molecule has 54 heavy (non-hydrogen) atoms. The summed E-state index contributed by atoms with van der Waals surface area (Å²) in [6.07, 6.45) is 4.46. The normalized spacial score (nSPS) is 12.8. The zero-order valence-electron chi connectivity index (χ0n) is 30.9. The molecule has 0 bridgehead atoms. The van der Waals surface area contributed by atoms with Gasteiger partial charge in [-0.25, -0.2) is 0 Å². The van der Waals surface area contributed by atoms with Crippen LogP contribution in [0.15, 0.2) is 188 Å². The molecule has 0 saturated carbocycles. The third-order valence-electron chi connectivity index (χ3n) is 10.9. The molecule has 0 N–H and O–H groups in total. The minimum atomic E-state index is -0.160. The van der Waals surface area contributed by atoms with E-state index < -0.39 is 0 Å². The van der Waals surface area contributed by atoms with Gasteiger partial charge in [-0.1, -0.05) is 147 Å². The Morgan fingerprint density at radius 3 is 1.48 bits per heavy atom. The standard InChI is InChI=1S/C52H42N2/c1-37-18-26-44(27-19-37)54(46-30-25-40-12-10-11-13-41(40)35-46)47-31-33-49-48-32-24-39(34-50(48)52(2,3)51(49)36-47)21-20-38-22-28-45(29-23-38)53(42-14-6-4-7-15-42)43-16-8-5-9-17-43/h4-36H,1-3H3/b21-20+. The Balaban J connectivity index is 1.01. The lowest BCUT2D eigenvalue weighted by Crippen LogP contribution is -2.16. The van der Waals surface area contributed by atoms with E-state index in [0.29, 0.717) is 0 Å². The van der Waals surface area contributed by atoms with Gasteiger partial charge in [-0.2, -0.15) is 0 Å². The molecule has 0 fully saturated rings. The molecule has 260 valence electrons.